The number of rotatable bonds is 3. The van der Waals surface area contributed by atoms with Crippen molar-refractivity contribution < 1.29 is 9.18 Å². The molecule has 0 amide bonds. The zero-order chi connectivity index (χ0) is 11.5. The van der Waals surface area contributed by atoms with Crippen molar-refractivity contribution in [2.45, 2.75) is 19.5 Å². The van der Waals surface area contributed by atoms with Crippen LogP contribution in [0.4, 0.5) is 4.39 Å². The first-order valence-corrected chi connectivity index (χ1v) is 6.66. The summed E-state index contributed by atoms with van der Waals surface area (Å²) in [6.07, 6.45) is 0.0187. The summed E-state index contributed by atoms with van der Waals surface area (Å²) in [6.45, 7) is 1.51. The van der Waals surface area contributed by atoms with Crippen molar-refractivity contribution in [3.05, 3.63) is 35.4 Å². The van der Waals surface area contributed by atoms with Crippen LogP contribution in [0.15, 0.2) is 24.3 Å². The Morgan fingerprint density at radius 2 is 2.38 bits per heavy atom. The van der Waals surface area contributed by atoms with Gasteiger partial charge in [-0.1, -0.05) is 18.2 Å². The van der Waals surface area contributed by atoms with E-state index >= 15 is 0 Å². The maximum atomic E-state index is 14.2. The highest BCUT2D eigenvalue weighted by atomic mass is 32.2. The first kappa shape index (κ1) is 11.6. The summed E-state index contributed by atoms with van der Waals surface area (Å²) < 4.78 is 14.2. The molecule has 1 saturated heterocycles. The molecule has 16 heavy (non-hydrogen) atoms. The fourth-order valence-electron chi connectivity index (χ4n) is 1.98. The number of carbonyl (C=O) groups is 1. The third-order valence-corrected chi connectivity index (χ3v) is 4.18. The number of thioether (sulfide) groups is 1. The molecule has 1 aromatic rings. The first-order chi connectivity index (χ1) is 7.68. The molecule has 1 heterocycles. The minimum absolute atomic E-state index is 0.00477. The number of carbonyl (C=O) groups excluding carboxylic acids is 1. The lowest BCUT2D eigenvalue weighted by Gasteiger charge is -2.15. The molecular weight excluding hydrogens is 223 g/mol. The smallest absolute Gasteiger partial charge is 0.159 e. The highest BCUT2D eigenvalue weighted by Crippen LogP contribution is 2.36. The second-order valence-corrected chi connectivity index (χ2v) is 5.36. The normalized spacial score (nSPS) is 22.0. The number of hydrogen-bond acceptors (Lipinski definition) is 2. The maximum absolute atomic E-state index is 14.2. The Labute approximate surface area is 99.4 Å². The zero-order valence-electron chi connectivity index (χ0n) is 9.28. The quantitative estimate of drug-likeness (QED) is 0.748. The van der Waals surface area contributed by atoms with Gasteiger partial charge in [-0.15, -0.1) is 0 Å². The van der Waals surface area contributed by atoms with E-state index in [1.54, 1.807) is 24.3 Å². The molecule has 2 atom stereocenters. The molecule has 1 fully saturated rings. The van der Waals surface area contributed by atoms with E-state index in [1.807, 2.05) is 11.8 Å². The summed E-state index contributed by atoms with van der Waals surface area (Å²) in [5, 5.41) is 0. The lowest BCUT2D eigenvalue weighted by atomic mass is 9.95. The van der Waals surface area contributed by atoms with Crippen LogP contribution in [0.1, 0.15) is 35.4 Å². The van der Waals surface area contributed by atoms with Crippen LogP contribution in [-0.4, -0.2) is 17.3 Å². The molecule has 2 unspecified atom stereocenters. The van der Waals surface area contributed by atoms with Gasteiger partial charge in [0.05, 0.1) is 0 Å². The Bertz CT molecular complexity index is 385. The molecule has 0 spiro atoms. The van der Waals surface area contributed by atoms with Crippen molar-refractivity contribution in [3.8, 4) is 0 Å². The van der Waals surface area contributed by atoms with Crippen LogP contribution >= 0.6 is 11.8 Å². The van der Waals surface area contributed by atoms with Gasteiger partial charge in [0.25, 0.3) is 0 Å². The van der Waals surface area contributed by atoms with Gasteiger partial charge in [0.15, 0.2) is 5.78 Å². The number of halogens is 1. The van der Waals surface area contributed by atoms with Gasteiger partial charge in [-0.25, -0.2) is 4.39 Å². The van der Waals surface area contributed by atoms with Gasteiger partial charge in [-0.05, 0) is 36.5 Å². The number of hydrogen-bond donors (Lipinski definition) is 0. The van der Waals surface area contributed by atoms with Gasteiger partial charge in [0.1, 0.15) is 6.17 Å². The zero-order valence-corrected chi connectivity index (χ0v) is 10.1. The molecule has 0 aromatic heterocycles. The standard InChI is InChI=1S/C13H15FOS/c1-9(15)10-3-2-4-11(7-10)13(14)12-5-6-16-8-12/h2-4,7,12-13H,5-6,8H2,1H3. The van der Waals surface area contributed by atoms with Gasteiger partial charge in [-0.3, -0.25) is 4.79 Å². The first-order valence-electron chi connectivity index (χ1n) is 5.51. The number of alkyl halides is 1. The Kier molecular flexibility index (Phi) is 3.64. The molecule has 0 aliphatic carbocycles. The fourth-order valence-corrected chi connectivity index (χ4v) is 3.26. The second-order valence-electron chi connectivity index (χ2n) is 4.21. The average Bonchev–Trinajstić information content (AvgIpc) is 2.81. The SMILES string of the molecule is CC(=O)c1cccc(C(F)C2CCSC2)c1. The van der Waals surface area contributed by atoms with Crippen LogP contribution in [0, 0.1) is 5.92 Å². The topological polar surface area (TPSA) is 17.1 Å². The number of benzene rings is 1. The number of ketones is 1. The fraction of sp³-hybridized carbons (Fsp3) is 0.462. The van der Waals surface area contributed by atoms with Crippen molar-refractivity contribution >= 4 is 17.5 Å². The van der Waals surface area contributed by atoms with E-state index in [-0.39, 0.29) is 11.7 Å². The van der Waals surface area contributed by atoms with Gasteiger partial charge in [0.2, 0.25) is 0 Å². The molecule has 0 radical (unpaired) electrons. The molecule has 0 saturated carbocycles. The van der Waals surface area contributed by atoms with E-state index in [0.717, 1.165) is 17.9 Å². The summed E-state index contributed by atoms with van der Waals surface area (Å²) >= 11 is 1.81. The minimum Gasteiger partial charge on any atom is -0.295 e. The molecule has 2 rings (SSSR count). The summed E-state index contributed by atoms with van der Waals surface area (Å²) in [5.41, 5.74) is 1.26. The Morgan fingerprint density at radius 3 is 3.00 bits per heavy atom. The van der Waals surface area contributed by atoms with E-state index in [9.17, 15) is 9.18 Å². The predicted molar refractivity (Wildman–Crippen MR) is 65.7 cm³/mol. The molecule has 1 aliphatic heterocycles. The van der Waals surface area contributed by atoms with Crippen LogP contribution in [0.2, 0.25) is 0 Å². The molecular formula is C13H15FOS. The van der Waals surface area contributed by atoms with E-state index in [1.165, 1.54) is 6.92 Å². The summed E-state index contributed by atoms with van der Waals surface area (Å²) in [4.78, 5) is 11.2. The summed E-state index contributed by atoms with van der Waals surface area (Å²) in [7, 11) is 0. The van der Waals surface area contributed by atoms with E-state index in [2.05, 4.69) is 0 Å². The largest absolute Gasteiger partial charge is 0.295 e. The van der Waals surface area contributed by atoms with Crippen molar-refractivity contribution in [1.29, 1.82) is 0 Å². The van der Waals surface area contributed by atoms with E-state index < -0.39 is 6.17 Å². The van der Waals surface area contributed by atoms with Gasteiger partial charge in [0, 0.05) is 11.5 Å². The minimum atomic E-state index is -0.922. The molecule has 0 bridgehead atoms. The Hall–Kier alpha value is -0.830. The highest BCUT2D eigenvalue weighted by Gasteiger charge is 2.26. The van der Waals surface area contributed by atoms with Gasteiger partial charge >= 0.3 is 0 Å². The second kappa shape index (κ2) is 5.00. The molecule has 3 heteroatoms. The highest BCUT2D eigenvalue weighted by molar-refractivity contribution is 7.99. The van der Waals surface area contributed by atoms with Crippen LogP contribution in [0.5, 0.6) is 0 Å². The van der Waals surface area contributed by atoms with Crippen LogP contribution in [0.25, 0.3) is 0 Å². The number of Topliss-reactive ketones (excluding diaryl/α,β-unsaturated/α-hetero) is 1. The average molecular weight is 238 g/mol. The third kappa shape index (κ3) is 2.46. The van der Waals surface area contributed by atoms with Crippen molar-refractivity contribution in [3.63, 3.8) is 0 Å². The molecule has 0 N–H and O–H groups in total. The molecule has 1 nitrogen and oxygen atoms in total. The van der Waals surface area contributed by atoms with E-state index in [0.29, 0.717) is 11.1 Å². The Balaban J connectivity index is 2.18. The summed E-state index contributed by atoms with van der Waals surface area (Å²) in [6, 6.07) is 6.97. The predicted octanol–water partition coefficient (Wildman–Crippen LogP) is 3.65. The van der Waals surface area contributed by atoms with Crippen molar-refractivity contribution in [2.75, 3.05) is 11.5 Å². The van der Waals surface area contributed by atoms with Gasteiger partial charge < -0.3 is 0 Å². The lowest BCUT2D eigenvalue weighted by molar-refractivity contribution is 0.101. The van der Waals surface area contributed by atoms with E-state index in [4.69, 9.17) is 0 Å². The monoisotopic (exact) mass is 238 g/mol. The van der Waals surface area contributed by atoms with Crippen molar-refractivity contribution in [2.24, 2.45) is 5.92 Å². The van der Waals surface area contributed by atoms with Crippen LogP contribution < -0.4 is 0 Å². The maximum Gasteiger partial charge on any atom is 0.159 e. The van der Waals surface area contributed by atoms with Crippen LogP contribution in [0.3, 0.4) is 0 Å². The van der Waals surface area contributed by atoms with Crippen LogP contribution in [-0.2, 0) is 0 Å². The molecule has 86 valence electrons. The lowest BCUT2D eigenvalue weighted by Crippen LogP contribution is -2.08. The Morgan fingerprint density at radius 1 is 1.56 bits per heavy atom. The van der Waals surface area contributed by atoms with Crippen molar-refractivity contribution in [1.82, 2.24) is 0 Å². The third-order valence-electron chi connectivity index (χ3n) is 2.99. The summed E-state index contributed by atoms with van der Waals surface area (Å²) in [5.74, 6) is 2.06. The molecule has 1 aliphatic rings. The molecule has 1 aromatic carbocycles. The van der Waals surface area contributed by atoms with Gasteiger partial charge in [-0.2, -0.15) is 11.8 Å².